The van der Waals surface area contributed by atoms with Gasteiger partial charge in [-0.2, -0.15) is 0 Å². The summed E-state index contributed by atoms with van der Waals surface area (Å²) < 4.78 is 6.03. The van der Waals surface area contributed by atoms with E-state index in [0.29, 0.717) is 10.6 Å². The Balaban J connectivity index is 1.95. The highest BCUT2D eigenvalue weighted by atomic mass is 79.9. The summed E-state index contributed by atoms with van der Waals surface area (Å²) in [6.45, 7) is 0. The van der Waals surface area contributed by atoms with Crippen LogP contribution < -0.4 is 4.74 Å². The quantitative estimate of drug-likeness (QED) is 0.262. The summed E-state index contributed by atoms with van der Waals surface area (Å²) >= 11 is 4.37. The van der Waals surface area contributed by atoms with Crippen LogP contribution in [0.5, 0.6) is 5.75 Å². The summed E-state index contributed by atoms with van der Waals surface area (Å²) in [5.41, 5.74) is -0.0149. The lowest BCUT2D eigenvalue weighted by atomic mass is 10.3. The van der Waals surface area contributed by atoms with Crippen LogP contribution in [0.3, 0.4) is 0 Å². The summed E-state index contributed by atoms with van der Waals surface area (Å²) in [5.74, 6) is -0.0205. The first-order chi connectivity index (χ1) is 10.1. The van der Waals surface area contributed by atoms with Gasteiger partial charge in [-0.05, 0) is 30.3 Å². The van der Waals surface area contributed by atoms with E-state index in [-0.39, 0.29) is 11.4 Å². The van der Waals surface area contributed by atoms with E-state index in [9.17, 15) is 14.9 Å². The second-order valence-electron chi connectivity index (χ2n) is 3.94. The molecule has 0 aliphatic carbocycles. The van der Waals surface area contributed by atoms with Crippen LogP contribution in [-0.4, -0.2) is 16.6 Å². The fraction of sp³-hybridized carbons (Fsp3) is 0.0714. The molecule has 21 heavy (non-hydrogen) atoms. The fourth-order valence-electron chi connectivity index (χ4n) is 1.53. The van der Waals surface area contributed by atoms with Gasteiger partial charge in [0.1, 0.15) is 5.75 Å². The van der Waals surface area contributed by atoms with Crippen molar-refractivity contribution >= 4 is 39.3 Å². The minimum atomic E-state index is -0.470. The summed E-state index contributed by atoms with van der Waals surface area (Å²) in [6.07, 6.45) is 0. The Morgan fingerprint density at radius 1 is 1.19 bits per heavy atom. The topological polar surface area (TPSA) is 69.4 Å². The van der Waals surface area contributed by atoms with E-state index >= 15 is 0 Å². The van der Waals surface area contributed by atoms with Gasteiger partial charge in [-0.1, -0.05) is 28.1 Å². The van der Waals surface area contributed by atoms with Gasteiger partial charge in [0.15, 0.2) is 0 Å². The third-order valence-corrected chi connectivity index (χ3v) is 4.02. The molecule has 2 rings (SSSR count). The van der Waals surface area contributed by atoms with Gasteiger partial charge in [0.2, 0.25) is 0 Å². The van der Waals surface area contributed by atoms with Crippen LogP contribution >= 0.6 is 27.7 Å². The molecular formula is C14H10BrNO4S. The first kappa shape index (κ1) is 15.5. The van der Waals surface area contributed by atoms with E-state index in [1.165, 1.54) is 6.07 Å². The number of nitro groups is 1. The van der Waals surface area contributed by atoms with Crippen molar-refractivity contribution in [2.75, 3.05) is 5.75 Å². The molecule has 0 aliphatic rings. The fourth-order valence-corrected chi connectivity index (χ4v) is 2.59. The largest absolute Gasteiger partial charge is 0.426 e. The summed E-state index contributed by atoms with van der Waals surface area (Å²) in [5, 5.41) is 10.9. The molecule has 0 spiro atoms. The van der Waals surface area contributed by atoms with Gasteiger partial charge in [0, 0.05) is 10.5 Å². The summed E-state index contributed by atoms with van der Waals surface area (Å²) in [7, 11) is 0. The molecule has 2 aromatic carbocycles. The molecule has 0 unspecified atom stereocenters. The zero-order chi connectivity index (χ0) is 15.2. The smallest absolute Gasteiger partial charge is 0.321 e. The molecule has 7 heteroatoms. The van der Waals surface area contributed by atoms with Crippen molar-refractivity contribution in [1.82, 2.24) is 0 Å². The predicted octanol–water partition coefficient (Wildman–Crippen LogP) is 4.06. The van der Waals surface area contributed by atoms with Crippen molar-refractivity contribution in [1.29, 1.82) is 0 Å². The molecule has 0 radical (unpaired) electrons. The number of benzene rings is 2. The lowest BCUT2D eigenvalue weighted by Gasteiger charge is -2.05. The zero-order valence-electron chi connectivity index (χ0n) is 10.7. The van der Waals surface area contributed by atoms with Crippen molar-refractivity contribution in [2.45, 2.75) is 4.90 Å². The van der Waals surface area contributed by atoms with Gasteiger partial charge in [-0.25, -0.2) is 0 Å². The molecule has 0 saturated heterocycles. The molecule has 2 aromatic rings. The highest BCUT2D eigenvalue weighted by Crippen LogP contribution is 2.28. The molecule has 5 nitrogen and oxygen atoms in total. The number of nitrogens with zero attached hydrogens (tertiary/aromatic N) is 1. The Bertz CT molecular complexity index is 660. The van der Waals surface area contributed by atoms with Gasteiger partial charge in [0.05, 0.1) is 15.6 Å². The van der Waals surface area contributed by atoms with E-state index < -0.39 is 10.9 Å². The standard InChI is InChI=1S/C14H10BrNO4S/c15-10-5-7-11(8-6-10)20-14(17)9-21-13-4-2-1-3-12(13)16(18)19/h1-8H,9H2. The number of nitro benzene ring substituents is 1. The molecular weight excluding hydrogens is 358 g/mol. The van der Waals surface area contributed by atoms with Gasteiger partial charge in [-0.3, -0.25) is 14.9 Å². The van der Waals surface area contributed by atoms with Crippen LogP contribution in [-0.2, 0) is 4.79 Å². The number of rotatable bonds is 5. The van der Waals surface area contributed by atoms with Gasteiger partial charge in [0.25, 0.3) is 5.69 Å². The Hall–Kier alpha value is -1.86. The molecule has 0 atom stereocenters. The van der Waals surface area contributed by atoms with Crippen LogP contribution in [0.4, 0.5) is 5.69 Å². The Kier molecular flexibility index (Phi) is 5.35. The average Bonchev–Trinajstić information content (AvgIpc) is 2.48. The molecule has 0 aromatic heterocycles. The lowest BCUT2D eigenvalue weighted by Crippen LogP contribution is -2.10. The summed E-state index contributed by atoms with van der Waals surface area (Å²) in [4.78, 5) is 22.6. The van der Waals surface area contributed by atoms with Gasteiger partial charge < -0.3 is 4.74 Å². The molecule has 0 heterocycles. The first-order valence-electron chi connectivity index (χ1n) is 5.89. The molecule has 108 valence electrons. The summed E-state index contributed by atoms with van der Waals surface area (Å²) in [6, 6.07) is 13.1. The number of hydrogen-bond donors (Lipinski definition) is 0. The van der Waals surface area contributed by atoms with Gasteiger partial charge in [-0.15, -0.1) is 11.8 Å². The van der Waals surface area contributed by atoms with Crippen molar-refractivity contribution < 1.29 is 14.5 Å². The minimum absolute atomic E-state index is 0.000910. The second kappa shape index (κ2) is 7.24. The normalized spacial score (nSPS) is 10.1. The van der Waals surface area contributed by atoms with Crippen molar-refractivity contribution in [3.63, 3.8) is 0 Å². The van der Waals surface area contributed by atoms with Crippen molar-refractivity contribution in [2.24, 2.45) is 0 Å². The third kappa shape index (κ3) is 4.57. The lowest BCUT2D eigenvalue weighted by molar-refractivity contribution is -0.387. The first-order valence-corrected chi connectivity index (χ1v) is 7.66. The number of ether oxygens (including phenoxy) is 1. The van der Waals surface area contributed by atoms with E-state index in [2.05, 4.69) is 15.9 Å². The molecule has 0 amide bonds. The Labute approximate surface area is 133 Å². The maximum absolute atomic E-state index is 11.7. The van der Waals surface area contributed by atoms with E-state index in [1.54, 1.807) is 42.5 Å². The number of hydrogen-bond acceptors (Lipinski definition) is 5. The number of para-hydroxylation sites is 1. The van der Waals surface area contributed by atoms with Crippen molar-refractivity contribution in [3.05, 3.63) is 63.1 Å². The SMILES string of the molecule is O=C(CSc1ccccc1[N+](=O)[O-])Oc1ccc(Br)cc1. The van der Waals surface area contributed by atoms with Crippen LogP contribution in [0.15, 0.2) is 57.9 Å². The highest BCUT2D eigenvalue weighted by molar-refractivity contribution is 9.10. The number of halogens is 1. The number of carbonyl (C=O) groups is 1. The molecule has 0 aliphatic heterocycles. The maximum Gasteiger partial charge on any atom is 0.321 e. The highest BCUT2D eigenvalue weighted by Gasteiger charge is 2.15. The van der Waals surface area contributed by atoms with Crippen LogP contribution in [0.25, 0.3) is 0 Å². The number of carbonyl (C=O) groups excluding carboxylic acids is 1. The van der Waals surface area contributed by atoms with E-state index in [4.69, 9.17) is 4.74 Å². The van der Waals surface area contributed by atoms with Crippen LogP contribution in [0, 0.1) is 10.1 Å². The minimum Gasteiger partial charge on any atom is -0.426 e. The number of thioether (sulfide) groups is 1. The molecule has 0 saturated carbocycles. The number of esters is 1. The zero-order valence-corrected chi connectivity index (χ0v) is 13.1. The Morgan fingerprint density at radius 2 is 1.86 bits per heavy atom. The molecule has 0 fully saturated rings. The van der Waals surface area contributed by atoms with E-state index in [1.807, 2.05) is 0 Å². The monoisotopic (exact) mass is 367 g/mol. The average molecular weight is 368 g/mol. The van der Waals surface area contributed by atoms with Gasteiger partial charge >= 0.3 is 5.97 Å². The van der Waals surface area contributed by atoms with Crippen molar-refractivity contribution in [3.8, 4) is 5.75 Å². The third-order valence-electron chi connectivity index (χ3n) is 2.45. The predicted molar refractivity (Wildman–Crippen MR) is 83.6 cm³/mol. The van der Waals surface area contributed by atoms with E-state index in [0.717, 1.165) is 16.2 Å². The van der Waals surface area contributed by atoms with Crippen LogP contribution in [0.1, 0.15) is 0 Å². The molecule has 0 bridgehead atoms. The second-order valence-corrected chi connectivity index (χ2v) is 5.87. The van der Waals surface area contributed by atoms with Crippen LogP contribution in [0.2, 0.25) is 0 Å². The maximum atomic E-state index is 11.7. The Morgan fingerprint density at radius 3 is 2.52 bits per heavy atom. The molecule has 0 N–H and O–H groups in total.